The number of ketones is 1. The molecular weight excluding hydrogens is 202 g/mol. The number of carbonyl (C=O) groups excluding carboxylic acids is 1. The Morgan fingerprint density at radius 2 is 2.06 bits per heavy atom. The van der Waals surface area contributed by atoms with Gasteiger partial charge in [0.25, 0.3) is 0 Å². The van der Waals surface area contributed by atoms with Crippen LogP contribution >= 0.6 is 0 Å². The lowest BCUT2D eigenvalue weighted by Crippen LogP contribution is -2.40. The van der Waals surface area contributed by atoms with Gasteiger partial charge in [-0.25, -0.2) is 0 Å². The van der Waals surface area contributed by atoms with Crippen LogP contribution in [0.5, 0.6) is 0 Å². The summed E-state index contributed by atoms with van der Waals surface area (Å²) in [6.07, 6.45) is 3.45. The fourth-order valence-electron chi connectivity index (χ4n) is 1.88. The third-order valence-electron chi connectivity index (χ3n) is 3.11. The quantitative estimate of drug-likeness (QED) is 0.740. The monoisotopic (exact) mass is 221 g/mol. The summed E-state index contributed by atoms with van der Waals surface area (Å²) in [6.45, 7) is 3.95. The van der Waals surface area contributed by atoms with Gasteiger partial charge >= 0.3 is 0 Å². The lowest BCUT2D eigenvalue weighted by atomic mass is 9.89. The van der Waals surface area contributed by atoms with Crippen LogP contribution in [0.1, 0.15) is 32.4 Å². The Balaban J connectivity index is 2.78. The molecule has 0 saturated carbocycles. The molecule has 1 rings (SSSR count). The molecule has 1 aromatic heterocycles. The van der Waals surface area contributed by atoms with E-state index in [1.54, 1.807) is 13.3 Å². The Labute approximate surface area is 96.8 Å². The first kappa shape index (κ1) is 12.8. The molecule has 3 heteroatoms. The van der Waals surface area contributed by atoms with Crippen molar-refractivity contribution < 1.29 is 9.53 Å². The second-order valence-electron chi connectivity index (χ2n) is 3.83. The molecule has 1 aromatic rings. The van der Waals surface area contributed by atoms with Crippen LogP contribution in [0.4, 0.5) is 0 Å². The number of ether oxygens (including phenoxy) is 1. The van der Waals surface area contributed by atoms with Crippen LogP contribution in [0.2, 0.25) is 0 Å². The minimum Gasteiger partial charge on any atom is -0.370 e. The molecule has 0 unspecified atom stereocenters. The predicted octanol–water partition coefficient (Wildman–Crippen LogP) is 2.40. The first-order valence-electron chi connectivity index (χ1n) is 5.67. The van der Waals surface area contributed by atoms with Crippen molar-refractivity contribution in [2.45, 2.75) is 38.7 Å². The zero-order chi connectivity index (χ0) is 12.0. The van der Waals surface area contributed by atoms with Gasteiger partial charge in [0.1, 0.15) is 5.60 Å². The summed E-state index contributed by atoms with van der Waals surface area (Å²) in [6, 6.07) is 5.60. The van der Waals surface area contributed by atoms with E-state index >= 15 is 0 Å². The Kier molecular flexibility index (Phi) is 4.62. The molecule has 0 saturated heterocycles. The first-order valence-corrected chi connectivity index (χ1v) is 5.67. The molecule has 1 heterocycles. The van der Waals surface area contributed by atoms with E-state index in [1.165, 1.54) is 0 Å². The van der Waals surface area contributed by atoms with Crippen molar-refractivity contribution in [1.82, 2.24) is 4.98 Å². The van der Waals surface area contributed by atoms with Crippen molar-refractivity contribution in [3.05, 3.63) is 30.1 Å². The molecule has 0 radical (unpaired) electrons. The van der Waals surface area contributed by atoms with E-state index in [0.29, 0.717) is 19.3 Å². The normalized spacial score (nSPS) is 11.4. The number of hydrogen-bond acceptors (Lipinski definition) is 3. The third kappa shape index (κ3) is 2.67. The summed E-state index contributed by atoms with van der Waals surface area (Å²) >= 11 is 0. The SMILES string of the molecule is CCC(CC)(OC)C(=O)Cc1ccccn1. The van der Waals surface area contributed by atoms with E-state index in [4.69, 9.17) is 4.74 Å². The van der Waals surface area contributed by atoms with Gasteiger partial charge < -0.3 is 4.74 Å². The summed E-state index contributed by atoms with van der Waals surface area (Å²) in [7, 11) is 1.60. The lowest BCUT2D eigenvalue weighted by molar-refractivity contribution is -0.141. The lowest BCUT2D eigenvalue weighted by Gasteiger charge is -2.28. The van der Waals surface area contributed by atoms with Gasteiger partial charge in [-0.1, -0.05) is 19.9 Å². The molecule has 0 aliphatic heterocycles. The second-order valence-corrected chi connectivity index (χ2v) is 3.83. The second kappa shape index (κ2) is 5.75. The van der Waals surface area contributed by atoms with Gasteiger partial charge in [0.05, 0.1) is 6.42 Å². The smallest absolute Gasteiger partial charge is 0.170 e. The molecule has 0 bridgehead atoms. The number of carbonyl (C=O) groups is 1. The number of aromatic nitrogens is 1. The van der Waals surface area contributed by atoms with Crippen LogP contribution in [-0.2, 0) is 16.0 Å². The Morgan fingerprint density at radius 3 is 2.50 bits per heavy atom. The van der Waals surface area contributed by atoms with E-state index < -0.39 is 5.60 Å². The third-order valence-corrected chi connectivity index (χ3v) is 3.11. The number of Topliss-reactive ketones (excluding diaryl/α,β-unsaturated/α-hetero) is 1. The van der Waals surface area contributed by atoms with E-state index in [1.807, 2.05) is 32.0 Å². The number of methoxy groups -OCH3 is 1. The molecule has 0 amide bonds. The zero-order valence-electron chi connectivity index (χ0n) is 10.2. The van der Waals surface area contributed by atoms with Crippen LogP contribution in [0.15, 0.2) is 24.4 Å². The van der Waals surface area contributed by atoms with Crippen LogP contribution in [0, 0.1) is 0 Å². The van der Waals surface area contributed by atoms with Gasteiger partial charge in [-0.3, -0.25) is 9.78 Å². The number of hydrogen-bond donors (Lipinski definition) is 0. The molecule has 16 heavy (non-hydrogen) atoms. The summed E-state index contributed by atoms with van der Waals surface area (Å²) in [4.78, 5) is 16.3. The first-order chi connectivity index (χ1) is 7.68. The highest BCUT2D eigenvalue weighted by Gasteiger charge is 2.34. The molecule has 0 aromatic carbocycles. The van der Waals surface area contributed by atoms with E-state index in [0.717, 1.165) is 5.69 Å². The molecule has 0 aliphatic rings. The summed E-state index contributed by atoms with van der Waals surface area (Å²) in [5.74, 6) is 0.110. The van der Waals surface area contributed by atoms with Crippen LogP contribution in [-0.4, -0.2) is 23.5 Å². The van der Waals surface area contributed by atoms with Crippen LogP contribution in [0.3, 0.4) is 0 Å². The van der Waals surface area contributed by atoms with Crippen molar-refractivity contribution in [1.29, 1.82) is 0 Å². The Hall–Kier alpha value is -1.22. The molecule has 0 fully saturated rings. The highest BCUT2D eigenvalue weighted by molar-refractivity contribution is 5.88. The van der Waals surface area contributed by atoms with Gasteiger partial charge in [0.2, 0.25) is 0 Å². The van der Waals surface area contributed by atoms with Gasteiger partial charge in [-0.15, -0.1) is 0 Å². The fraction of sp³-hybridized carbons (Fsp3) is 0.538. The van der Waals surface area contributed by atoms with Crippen LogP contribution < -0.4 is 0 Å². The summed E-state index contributed by atoms with van der Waals surface area (Å²) in [5.41, 5.74) is 0.160. The van der Waals surface area contributed by atoms with Gasteiger partial charge in [0, 0.05) is 19.0 Å². The molecule has 0 spiro atoms. The summed E-state index contributed by atoms with van der Waals surface area (Å²) < 4.78 is 5.39. The topological polar surface area (TPSA) is 39.2 Å². The van der Waals surface area contributed by atoms with Crippen molar-refractivity contribution in [3.63, 3.8) is 0 Å². The Bertz CT molecular complexity index is 323. The fourth-order valence-corrected chi connectivity index (χ4v) is 1.88. The average Bonchev–Trinajstić information content (AvgIpc) is 2.33. The van der Waals surface area contributed by atoms with E-state index in [9.17, 15) is 4.79 Å². The zero-order valence-corrected chi connectivity index (χ0v) is 10.2. The standard InChI is InChI=1S/C13H19NO2/c1-4-13(5-2,16-3)12(15)10-11-8-6-7-9-14-11/h6-9H,4-5,10H2,1-3H3. The van der Waals surface area contributed by atoms with E-state index in [2.05, 4.69) is 4.98 Å². The molecule has 3 nitrogen and oxygen atoms in total. The van der Waals surface area contributed by atoms with Gasteiger partial charge in [0.15, 0.2) is 5.78 Å². The Morgan fingerprint density at radius 1 is 1.38 bits per heavy atom. The number of rotatable bonds is 6. The van der Waals surface area contributed by atoms with Crippen molar-refractivity contribution in [2.75, 3.05) is 7.11 Å². The largest absolute Gasteiger partial charge is 0.370 e. The summed E-state index contributed by atoms with van der Waals surface area (Å²) in [5, 5.41) is 0. The predicted molar refractivity (Wildman–Crippen MR) is 63.3 cm³/mol. The maximum absolute atomic E-state index is 12.2. The molecule has 88 valence electrons. The maximum atomic E-state index is 12.2. The van der Waals surface area contributed by atoms with E-state index in [-0.39, 0.29) is 5.78 Å². The molecule has 0 N–H and O–H groups in total. The van der Waals surface area contributed by atoms with Crippen molar-refractivity contribution in [3.8, 4) is 0 Å². The molecule has 0 aliphatic carbocycles. The molecular formula is C13H19NO2. The average molecular weight is 221 g/mol. The minimum absolute atomic E-state index is 0.110. The van der Waals surface area contributed by atoms with Crippen molar-refractivity contribution in [2.24, 2.45) is 0 Å². The minimum atomic E-state index is -0.641. The number of pyridine rings is 1. The number of nitrogens with zero attached hydrogens (tertiary/aromatic N) is 1. The van der Waals surface area contributed by atoms with Gasteiger partial charge in [-0.05, 0) is 25.0 Å². The van der Waals surface area contributed by atoms with Gasteiger partial charge in [-0.2, -0.15) is 0 Å². The maximum Gasteiger partial charge on any atom is 0.170 e. The highest BCUT2D eigenvalue weighted by Crippen LogP contribution is 2.22. The van der Waals surface area contributed by atoms with Crippen LogP contribution in [0.25, 0.3) is 0 Å². The molecule has 0 atom stereocenters. The highest BCUT2D eigenvalue weighted by atomic mass is 16.5. The van der Waals surface area contributed by atoms with Crippen molar-refractivity contribution >= 4 is 5.78 Å².